The summed E-state index contributed by atoms with van der Waals surface area (Å²) >= 11 is 0.999. The molecule has 0 bridgehead atoms. The normalized spacial score (nSPS) is 17.6. The number of rotatable bonds is 5. The predicted molar refractivity (Wildman–Crippen MR) is 71.8 cm³/mol. The largest absolute Gasteiger partial charge is 0.480 e. The van der Waals surface area contributed by atoms with E-state index in [4.69, 9.17) is 4.74 Å². The van der Waals surface area contributed by atoms with Gasteiger partial charge < -0.3 is 15.2 Å². The third-order valence-corrected chi connectivity index (χ3v) is 4.12. The Kier molecular flexibility index (Phi) is 4.66. The molecule has 0 unspecified atom stereocenters. The van der Waals surface area contributed by atoms with Crippen LogP contribution in [0, 0.1) is 0 Å². The number of carboxylic acid groups (broad SMARTS) is 1. The number of carboxylic acids is 1. The van der Waals surface area contributed by atoms with Crippen LogP contribution in [0.2, 0.25) is 0 Å². The van der Waals surface area contributed by atoms with Gasteiger partial charge in [0.1, 0.15) is 10.4 Å². The summed E-state index contributed by atoms with van der Waals surface area (Å²) in [4.78, 5) is 24.2. The first-order chi connectivity index (χ1) is 9.59. The van der Waals surface area contributed by atoms with Crippen LogP contribution in [0.5, 0.6) is 0 Å². The van der Waals surface area contributed by atoms with E-state index in [2.05, 4.69) is 14.9 Å². The lowest BCUT2D eigenvalue weighted by molar-refractivity contribution is -0.148. The fourth-order valence-corrected chi connectivity index (χ4v) is 2.77. The number of carbonyl (C=O) groups is 2. The van der Waals surface area contributed by atoms with E-state index in [0.29, 0.717) is 30.2 Å². The minimum Gasteiger partial charge on any atom is -0.480 e. The van der Waals surface area contributed by atoms with Gasteiger partial charge in [-0.05, 0) is 18.0 Å². The molecule has 110 valence electrons. The van der Waals surface area contributed by atoms with Crippen LogP contribution in [-0.4, -0.2) is 45.3 Å². The molecule has 0 spiro atoms. The van der Waals surface area contributed by atoms with Crippen LogP contribution in [0.1, 0.15) is 41.6 Å². The van der Waals surface area contributed by atoms with Gasteiger partial charge in [0.25, 0.3) is 5.91 Å². The second kappa shape index (κ2) is 6.27. The van der Waals surface area contributed by atoms with E-state index >= 15 is 0 Å². The van der Waals surface area contributed by atoms with Crippen molar-refractivity contribution in [1.29, 1.82) is 0 Å². The number of nitrogens with one attached hydrogen (secondary N) is 1. The van der Waals surface area contributed by atoms with Gasteiger partial charge in [-0.15, -0.1) is 5.10 Å². The highest BCUT2D eigenvalue weighted by Crippen LogP contribution is 2.23. The third kappa shape index (κ3) is 2.96. The van der Waals surface area contributed by atoms with Crippen LogP contribution in [0.15, 0.2) is 0 Å². The number of aliphatic carboxylic acids is 1. The van der Waals surface area contributed by atoms with Crippen LogP contribution in [0.25, 0.3) is 0 Å². The number of hydrogen-bond acceptors (Lipinski definition) is 6. The Hall–Kier alpha value is -1.54. The second-order valence-electron chi connectivity index (χ2n) is 4.75. The Balaban J connectivity index is 2.16. The first-order valence-electron chi connectivity index (χ1n) is 6.54. The molecular weight excluding hydrogens is 282 g/mol. The molecule has 7 nitrogen and oxygen atoms in total. The molecule has 0 aromatic carbocycles. The zero-order valence-corrected chi connectivity index (χ0v) is 12.0. The maximum atomic E-state index is 12.3. The Bertz CT molecular complexity index is 497. The standard InChI is InChI=1S/C12H17N3O4S/c1-2-3-8-9(20-15-14-8)10(16)13-12(11(17)18)4-6-19-7-5-12/h2-7H2,1H3,(H,13,16)(H,17,18). The highest BCUT2D eigenvalue weighted by molar-refractivity contribution is 7.08. The summed E-state index contributed by atoms with van der Waals surface area (Å²) in [6, 6.07) is 0. The molecule has 0 saturated carbocycles. The average molecular weight is 299 g/mol. The number of nitrogens with zero attached hydrogens (tertiary/aromatic N) is 2. The van der Waals surface area contributed by atoms with E-state index in [1.54, 1.807) is 0 Å². The first kappa shape index (κ1) is 14.9. The molecule has 1 amide bonds. The van der Waals surface area contributed by atoms with Crippen LogP contribution < -0.4 is 5.32 Å². The zero-order chi connectivity index (χ0) is 14.6. The van der Waals surface area contributed by atoms with Crippen molar-refractivity contribution < 1.29 is 19.4 Å². The smallest absolute Gasteiger partial charge is 0.329 e. The van der Waals surface area contributed by atoms with Gasteiger partial charge in [0.2, 0.25) is 0 Å². The van der Waals surface area contributed by atoms with Crippen molar-refractivity contribution in [2.45, 2.75) is 38.1 Å². The van der Waals surface area contributed by atoms with Crippen molar-refractivity contribution >= 4 is 23.4 Å². The molecule has 1 aliphatic rings. The van der Waals surface area contributed by atoms with Gasteiger partial charge >= 0.3 is 5.97 Å². The summed E-state index contributed by atoms with van der Waals surface area (Å²) < 4.78 is 8.95. The monoisotopic (exact) mass is 299 g/mol. The van der Waals surface area contributed by atoms with E-state index < -0.39 is 17.4 Å². The molecule has 1 aliphatic heterocycles. The molecule has 2 N–H and O–H groups in total. The Labute approximate surface area is 120 Å². The van der Waals surface area contributed by atoms with Crippen molar-refractivity contribution in [3.8, 4) is 0 Å². The molecule has 1 aromatic heterocycles. The first-order valence-corrected chi connectivity index (χ1v) is 7.31. The molecule has 1 saturated heterocycles. The molecule has 2 rings (SSSR count). The lowest BCUT2D eigenvalue weighted by Gasteiger charge is -2.33. The van der Waals surface area contributed by atoms with Gasteiger partial charge in [0.05, 0.1) is 5.69 Å². The number of carbonyl (C=O) groups excluding carboxylic acids is 1. The van der Waals surface area contributed by atoms with Gasteiger partial charge in [-0.3, -0.25) is 4.79 Å². The number of amides is 1. The topological polar surface area (TPSA) is 101 Å². The molecule has 1 aromatic rings. The van der Waals surface area contributed by atoms with Gasteiger partial charge in [0.15, 0.2) is 0 Å². The van der Waals surface area contributed by atoms with E-state index in [1.165, 1.54) is 0 Å². The fourth-order valence-electron chi connectivity index (χ4n) is 2.17. The summed E-state index contributed by atoms with van der Waals surface area (Å²) in [6.45, 7) is 2.64. The zero-order valence-electron chi connectivity index (χ0n) is 11.2. The van der Waals surface area contributed by atoms with Crippen molar-refractivity contribution in [2.75, 3.05) is 13.2 Å². The van der Waals surface area contributed by atoms with E-state index in [9.17, 15) is 14.7 Å². The van der Waals surface area contributed by atoms with Gasteiger partial charge in [-0.25, -0.2) is 4.79 Å². The molecule has 1 fully saturated rings. The Morgan fingerprint density at radius 1 is 1.45 bits per heavy atom. The van der Waals surface area contributed by atoms with Gasteiger partial charge in [-0.1, -0.05) is 17.8 Å². The highest BCUT2D eigenvalue weighted by Gasteiger charge is 2.42. The molecular formula is C12H17N3O4S. The predicted octanol–water partition coefficient (Wildman–Crippen LogP) is 0.854. The maximum Gasteiger partial charge on any atom is 0.329 e. The molecule has 0 radical (unpaired) electrons. The molecule has 0 aliphatic carbocycles. The molecule has 8 heteroatoms. The summed E-state index contributed by atoms with van der Waals surface area (Å²) in [5.74, 6) is -1.43. The average Bonchev–Trinajstić information content (AvgIpc) is 2.88. The lowest BCUT2D eigenvalue weighted by Crippen LogP contribution is -2.57. The van der Waals surface area contributed by atoms with Crippen LogP contribution >= 0.6 is 11.5 Å². The van der Waals surface area contributed by atoms with Crippen molar-refractivity contribution in [3.63, 3.8) is 0 Å². The quantitative estimate of drug-likeness (QED) is 0.836. The van der Waals surface area contributed by atoms with Crippen LogP contribution in [0.3, 0.4) is 0 Å². The SMILES string of the molecule is CCCc1nnsc1C(=O)NC1(C(=O)O)CCOCC1. The lowest BCUT2D eigenvalue weighted by atomic mass is 9.90. The van der Waals surface area contributed by atoms with Gasteiger partial charge in [0, 0.05) is 26.1 Å². The Morgan fingerprint density at radius 3 is 2.75 bits per heavy atom. The molecule has 0 atom stereocenters. The minimum absolute atomic E-state index is 0.267. The van der Waals surface area contributed by atoms with E-state index in [-0.39, 0.29) is 12.8 Å². The molecule has 20 heavy (non-hydrogen) atoms. The summed E-state index contributed by atoms with van der Waals surface area (Å²) in [6.07, 6.45) is 2.04. The maximum absolute atomic E-state index is 12.3. The van der Waals surface area contributed by atoms with Crippen LogP contribution in [0.4, 0.5) is 0 Å². The van der Waals surface area contributed by atoms with E-state index in [0.717, 1.165) is 18.0 Å². The number of aromatic nitrogens is 2. The number of hydrogen-bond donors (Lipinski definition) is 2. The number of ether oxygens (including phenoxy) is 1. The second-order valence-corrected chi connectivity index (χ2v) is 5.51. The third-order valence-electron chi connectivity index (χ3n) is 3.36. The van der Waals surface area contributed by atoms with Crippen molar-refractivity contribution in [3.05, 3.63) is 10.6 Å². The Morgan fingerprint density at radius 2 is 2.15 bits per heavy atom. The van der Waals surface area contributed by atoms with E-state index in [1.807, 2.05) is 6.92 Å². The summed E-state index contributed by atoms with van der Waals surface area (Å²) in [5, 5.41) is 16.0. The van der Waals surface area contributed by atoms with Gasteiger partial charge in [-0.2, -0.15) is 0 Å². The summed E-state index contributed by atoms with van der Waals surface area (Å²) in [5.41, 5.74) is -0.620. The number of aryl methyl sites for hydroxylation is 1. The summed E-state index contributed by atoms with van der Waals surface area (Å²) in [7, 11) is 0. The van der Waals surface area contributed by atoms with Crippen LogP contribution in [-0.2, 0) is 16.0 Å². The minimum atomic E-state index is -1.25. The van der Waals surface area contributed by atoms with Crippen molar-refractivity contribution in [2.24, 2.45) is 0 Å². The van der Waals surface area contributed by atoms with Crippen molar-refractivity contribution in [1.82, 2.24) is 14.9 Å². The highest BCUT2D eigenvalue weighted by atomic mass is 32.1. The fraction of sp³-hybridized carbons (Fsp3) is 0.667. The molecule has 2 heterocycles.